The van der Waals surface area contributed by atoms with Gasteiger partial charge < -0.3 is 19.8 Å². The van der Waals surface area contributed by atoms with Crippen molar-refractivity contribution in [3.05, 3.63) is 28.9 Å². The molecule has 2 saturated heterocycles. The summed E-state index contributed by atoms with van der Waals surface area (Å²) >= 11 is 0. The largest absolute Gasteiger partial charge is 0.441 e. The van der Waals surface area contributed by atoms with Gasteiger partial charge in [-0.3, -0.25) is 13.9 Å². The molecule has 2 unspecified atom stereocenters. The van der Waals surface area contributed by atoms with Crippen LogP contribution in [0.2, 0.25) is 0 Å². The van der Waals surface area contributed by atoms with Gasteiger partial charge in [-0.05, 0) is 43.7 Å². The van der Waals surface area contributed by atoms with Crippen LogP contribution >= 0.6 is 0 Å². The van der Waals surface area contributed by atoms with Crippen molar-refractivity contribution in [2.45, 2.75) is 37.8 Å². The van der Waals surface area contributed by atoms with E-state index in [2.05, 4.69) is 26.7 Å². The molecule has 35 heavy (non-hydrogen) atoms. The van der Waals surface area contributed by atoms with Crippen LogP contribution in [-0.4, -0.2) is 81.4 Å². The Labute approximate surface area is 205 Å². The molecule has 2 N–H and O–H groups in total. The highest BCUT2D eigenvalue weighted by Crippen LogP contribution is 2.21. The van der Waals surface area contributed by atoms with Crippen LogP contribution in [0.1, 0.15) is 25.7 Å². The number of fused-ring (bicyclic) bond motifs is 1. The van der Waals surface area contributed by atoms with Crippen LogP contribution in [0.3, 0.4) is 0 Å². The lowest BCUT2D eigenvalue weighted by Crippen LogP contribution is -2.52. The van der Waals surface area contributed by atoms with Crippen LogP contribution < -0.4 is 16.4 Å². The van der Waals surface area contributed by atoms with Crippen molar-refractivity contribution in [1.82, 2.24) is 20.2 Å². The summed E-state index contributed by atoms with van der Waals surface area (Å²) in [5, 5.41) is 15.6. The Morgan fingerprint density at radius 3 is 2.83 bits per heavy atom. The summed E-state index contributed by atoms with van der Waals surface area (Å²) in [7, 11) is -0.853. The zero-order valence-electron chi connectivity index (χ0n) is 19.5. The van der Waals surface area contributed by atoms with E-state index in [4.69, 9.17) is 9.15 Å². The number of nitrogens with one attached hydrogen (secondary N) is 2. The van der Waals surface area contributed by atoms with Gasteiger partial charge in [0.15, 0.2) is 11.4 Å². The monoisotopic (exact) mass is 502 g/mol. The summed E-state index contributed by atoms with van der Waals surface area (Å²) in [6.07, 6.45) is 4.88. The fourth-order valence-corrected chi connectivity index (χ4v) is 5.49. The summed E-state index contributed by atoms with van der Waals surface area (Å²) < 4.78 is 22.3. The summed E-state index contributed by atoms with van der Waals surface area (Å²) in [6.45, 7) is 2.96. The van der Waals surface area contributed by atoms with E-state index >= 15 is 0 Å². The van der Waals surface area contributed by atoms with Gasteiger partial charge in [-0.25, -0.2) is 9.78 Å². The van der Waals surface area contributed by atoms with Gasteiger partial charge in [0.25, 0.3) is 0 Å². The SMILES string of the molecule is N#CC(CCC1CCOCC1)NC(=O)C(CN1CCS(=O)CC1)Nc1nc(=O)oc2cccnc12. The number of nitrogens with zero attached hydrogens (tertiary/aromatic N) is 4. The summed E-state index contributed by atoms with van der Waals surface area (Å²) in [4.78, 5) is 35.5. The number of hydrogen-bond acceptors (Lipinski definition) is 10. The number of hydrogen-bond donors (Lipinski definition) is 2. The molecule has 0 saturated carbocycles. The number of carbonyl (C=O) groups is 1. The number of rotatable bonds is 9. The lowest BCUT2D eigenvalue weighted by atomic mass is 9.93. The molecule has 2 fully saturated rings. The summed E-state index contributed by atoms with van der Waals surface area (Å²) in [6, 6.07) is 4.01. The van der Waals surface area contributed by atoms with E-state index in [0.29, 0.717) is 49.0 Å². The van der Waals surface area contributed by atoms with Crippen molar-refractivity contribution >= 4 is 33.6 Å². The minimum Gasteiger partial charge on any atom is -0.406 e. The second-order valence-electron chi connectivity index (χ2n) is 8.85. The van der Waals surface area contributed by atoms with Crippen molar-refractivity contribution in [1.29, 1.82) is 5.26 Å². The maximum Gasteiger partial charge on any atom is 0.441 e. The molecule has 4 rings (SSSR count). The number of carbonyl (C=O) groups excluding carboxylic acids is 1. The first kappa shape index (κ1) is 25.2. The Bertz CT molecular complexity index is 1140. The van der Waals surface area contributed by atoms with Crippen LogP contribution in [0.5, 0.6) is 0 Å². The average molecular weight is 503 g/mol. The Kier molecular flexibility index (Phi) is 8.79. The molecule has 2 aliphatic heterocycles. The molecule has 2 atom stereocenters. The predicted octanol–water partition coefficient (Wildman–Crippen LogP) is 0.643. The Morgan fingerprint density at radius 1 is 1.31 bits per heavy atom. The molecule has 0 spiro atoms. The molecule has 0 aliphatic carbocycles. The van der Waals surface area contributed by atoms with Crippen LogP contribution in [0, 0.1) is 17.2 Å². The number of nitriles is 1. The fourth-order valence-electron chi connectivity index (χ4n) is 4.37. The van der Waals surface area contributed by atoms with Gasteiger partial charge in [-0.1, -0.05) is 0 Å². The maximum atomic E-state index is 13.3. The molecule has 2 aromatic rings. The van der Waals surface area contributed by atoms with Crippen molar-refractivity contribution in [3.63, 3.8) is 0 Å². The highest BCUT2D eigenvalue weighted by molar-refractivity contribution is 7.85. The molecule has 1 amide bonds. The van der Waals surface area contributed by atoms with E-state index in [9.17, 15) is 19.1 Å². The maximum absolute atomic E-state index is 13.3. The number of amides is 1. The molecule has 2 aliphatic rings. The van der Waals surface area contributed by atoms with Gasteiger partial charge in [0.05, 0.1) is 6.07 Å². The number of anilines is 1. The molecule has 12 heteroatoms. The molecule has 11 nitrogen and oxygen atoms in total. The van der Waals surface area contributed by atoms with Gasteiger partial charge in [0.1, 0.15) is 17.6 Å². The van der Waals surface area contributed by atoms with E-state index in [1.807, 2.05) is 4.90 Å². The molecule has 2 aromatic heterocycles. The van der Waals surface area contributed by atoms with Crippen LogP contribution in [0.25, 0.3) is 11.1 Å². The molecular weight excluding hydrogens is 472 g/mol. The van der Waals surface area contributed by atoms with E-state index < -0.39 is 28.6 Å². The molecule has 0 bridgehead atoms. The van der Waals surface area contributed by atoms with Gasteiger partial charge in [0.2, 0.25) is 5.91 Å². The average Bonchev–Trinajstić information content (AvgIpc) is 2.87. The smallest absolute Gasteiger partial charge is 0.406 e. The van der Waals surface area contributed by atoms with Crippen molar-refractivity contribution < 1.29 is 18.2 Å². The zero-order chi connectivity index (χ0) is 24.6. The third kappa shape index (κ3) is 7.06. The lowest BCUT2D eigenvalue weighted by molar-refractivity contribution is -0.122. The van der Waals surface area contributed by atoms with Crippen LogP contribution in [0.15, 0.2) is 27.5 Å². The molecule has 4 heterocycles. The highest BCUT2D eigenvalue weighted by Gasteiger charge is 2.28. The first-order valence-electron chi connectivity index (χ1n) is 11.9. The normalized spacial score (nSPS) is 19.6. The Balaban J connectivity index is 1.48. The fraction of sp³-hybridized carbons (Fsp3) is 0.609. The first-order chi connectivity index (χ1) is 17.0. The highest BCUT2D eigenvalue weighted by atomic mass is 32.2. The second kappa shape index (κ2) is 12.2. The van der Waals surface area contributed by atoms with E-state index in [-0.39, 0.29) is 17.3 Å². The topological polar surface area (TPSA) is 150 Å². The lowest BCUT2D eigenvalue weighted by Gasteiger charge is -2.30. The van der Waals surface area contributed by atoms with Crippen molar-refractivity contribution in [3.8, 4) is 6.07 Å². The molecule has 188 valence electrons. The predicted molar refractivity (Wildman–Crippen MR) is 130 cm³/mol. The van der Waals surface area contributed by atoms with Gasteiger partial charge in [-0.15, -0.1) is 0 Å². The summed E-state index contributed by atoms with van der Waals surface area (Å²) in [5.41, 5.74) is 0.592. The minimum absolute atomic E-state index is 0.147. The Morgan fingerprint density at radius 2 is 2.09 bits per heavy atom. The zero-order valence-corrected chi connectivity index (χ0v) is 20.3. The van der Waals surface area contributed by atoms with Crippen LogP contribution in [-0.2, 0) is 20.3 Å². The third-order valence-corrected chi connectivity index (χ3v) is 7.69. The molecular formula is C23H30N6O5S. The number of ether oxygens (including phenoxy) is 1. The quantitative estimate of drug-likeness (QED) is 0.500. The van der Waals surface area contributed by atoms with Gasteiger partial charge in [-0.2, -0.15) is 10.2 Å². The first-order valence-corrected chi connectivity index (χ1v) is 13.4. The van der Waals surface area contributed by atoms with Gasteiger partial charge in [0, 0.05) is 61.4 Å². The van der Waals surface area contributed by atoms with E-state index in [1.54, 1.807) is 18.3 Å². The Hall–Kier alpha value is -2.88. The third-order valence-electron chi connectivity index (χ3n) is 6.41. The van der Waals surface area contributed by atoms with E-state index in [0.717, 1.165) is 32.5 Å². The standard InChI is InChI=1S/C23H30N6O5S/c24-14-17(4-3-16-5-10-33-11-6-16)26-22(30)18(15-29-8-12-35(32)13-9-29)27-21-20-19(2-1-7-25-20)34-23(31)28-21/h1-2,7,16-18H,3-6,8-13,15H2,(H,26,30)(H,27,28,31). The van der Waals surface area contributed by atoms with Crippen LogP contribution in [0.4, 0.5) is 5.82 Å². The minimum atomic E-state index is -0.853. The number of aromatic nitrogens is 2. The van der Waals surface area contributed by atoms with Crippen molar-refractivity contribution in [2.24, 2.45) is 5.92 Å². The second-order valence-corrected chi connectivity index (χ2v) is 10.5. The number of pyridine rings is 1. The molecule has 0 aromatic carbocycles. The van der Waals surface area contributed by atoms with E-state index in [1.165, 1.54) is 0 Å². The summed E-state index contributed by atoms with van der Waals surface area (Å²) in [5.74, 6) is 0.551. The van der Waals surface area contributed by atoms with Gasteiger partial charge >= 0.3 is 5.76 Å². The molecule has 0 radical (unpaired) electrons. The van der Waals surface area contributed by atoms with Crippen molar-refractivity contribution in [2.75, 3.05) is 49.7 Å².